The first-order chi connectivity index (χ1) is 13.3. The van der Waals surface area contributed by atoms with E-state index in [-0.39, 0.29) is 29.5 Å². The minimum absolute atomic E-state index is 0. The molecule has 7 heteroatoms. The standard InChI is InChI=1S/C21H36N4O2.HI/c1-22-20(24-13-16-17(14-24)19-6-5-18(16)27-19)23-15-21(7-3-2-4-8-21)25-9-11-26-12-10-25;/h16-19H,2-15H2,1H3,(H,22,23);1H. The highest BCUT2D eigenvalue weighted by atomic mass is 127. The van der Waals surface area contributed by atoms with Gasteiger partial charge in [0, 0.05) is 57.1 Å². The summed E-state index contributed by atoms with van der Waals surface area (Å²) in [5.41, 5.74) is 0.287. The molecule has 0 spiro atoms. The number of hydrogen-bond donors (Lipinski definition) is 1. The zero-order valence-electron chi connectivity index (χ0n) is 17.3. The summed E-state index contributed by atoms with van der Waals surface area (Å²) < 4.78 is 11.8. The Morgan fingerprint density at radius 2 is 1.68 bits per heavy atom. The van der Waals surface area contributed by atoms with Crippen LogP contribution >= 0.6 is 24.0 Å². The molecule has 5 rings (SSSR count). The van der Waals surface area contributed by atoms with Crippen molar-refractivity contribution in [1.29, 1.82) is 0 Å². The number of rotatable bonds is 3. The van der Waals surface area contributed by atoms with Crippen molar-refractivity contribution in [2.45, 2.75) is 62.7 Å². The largest absolute Gasteiger partial charge is 0.379 e. The fourth-order valence-electron chi connectivity index (χ4n) is 6.56. The quantitative estimate of drug-likeness (QED) is 0.363. The maximum Gasteiger partial charge on any atom is 0.193 e. The Hall–Kier alpha value is -0.120. The van der Waals surface area contributed by atoms with Crippen molar-refractivity contribution in [1.82, 2.24) is 15.1 Å². The molecule has 2 bridgehead atoms. The van der Waals surface area contributed by atoms with Crippen LogP contribution in [0.15, 0.2) is 4.99 Å². The zero-order chi connectivity index (χ0) is 18.3. The van der Waals surface area contributed by atoms with E-state index in [1.165, 1.54) is 44.9 Å². The van der Waals surface area contributed by atoms with Gasteiger partial charge in [-0.3, -0.25) is 9.89 Å². The number of ether oxygens (including phenoxy) is 2. The van der Waals surface area contributed by atoms with Gasteiger partial charge in [0.1, 0.15) is 0 Å². The van der Waals surface area contributed by atoms with Crippen molar-refractivity contribution < 1.29 is 9.47 Å². The summed E-state index contributed by atoms with van der Waals surface area (Å²) in [6.07, 6.45) is 10.3. The first-order valence-electron chi connectivity index (χ1n) is 11.2. The molecule has 4 atom stereocenters. The van der Waals surface area contributed by atoms with E-state index in [9.17, 15) is 0 Å². The summed E-state index contributed by atoms with van der Waals surface area (Å²) in [6.45, 7) is 7.19. The van der Waals surface area contributed by atoms with Crippen LogP contribution in [0.25, 0.3) is 0 Å². The fraction of sp³-hybridized carbons (Fsp3) is 0.952. The maximum atomic E-state index is 6.15. The normalized spacial score (nSPS) is 37.6. The number of guanidine groups is 1. The van der Waals surface area contributed by atoms with Crippen molar-refractivity contribution in [2.75, 3.05) is 53.0 Å². The second-order valence-electron chi connectivity index (χ2n) is 9.31. The predicted octanol–water partition coefficient (Wildman–Crippen LogP) is 2.32. The van der Waals surface area contributed by atoms with Crippen LogP contribution in [0.1, 0.15) is 44.9 Å². The van der Waals surface area contributed by atoms with Crippen LogP contribution in [0.2, 0.25) is 0 Å². The molecule has 4 saturated heterocycles. The van der Waals surface area contributed by atoms with E-state index in [2.05, 4.69) is 20.1 Å². The van der Waals surface area contributed by atoms with Crippen molar-refractivity contribution >= 4 is 29.9 Å². The highest BCUT2D eigenvalue weighted by Gasteiger charge is 2.53. The molecule has 0 aromatic carbocycles. The minimum Gasteiger partial charge on any atom is -0.379 e. The number of aliphatic imine (C=N–C) groups is 1. The molecule has 160 valence electrons. The number of hydrogen-bond acceptors (Lipinski definition) is 4. The first-order valence-corrected chi connectivity index (χ1v) is 11.2. The molecular formula is C21H37IN4O2. The van der Waals surface area contributed by atoms with E-state index in [0.717, 1.165) is 63.7 Å². The molecule has 4 aliphatic heterocycles. The van der Waals surface area contributed by atoms with Crippen LogP contribution in [0, 0.1) is 11.8 Å². The van der Waals surface area contributed by atoms with Crippen LogP contribution in [-0.4, -0.2) is 86.5 Å². The second kappa shape index (κ2) is 8.94. The van der Waals surface area contributed by atoms with E-state index >= 15 is 0 Å². The Kier molecular flexibility index (Phi) is 6.74. The average Bonchev–Trinajstić information content (AvgIpc) is 3.44. The summed E-state index contributed by atoms with van der Waals surface area (Å²) >= 11 is 0. The zero-order valence-corrected chi connectivity index (χ0v) is 19.6. The Morgan fingerprint density at radius 3 is 2.29 bits per heavy atom. The third-order valence-corrected chi connectivity index (χ3v) is 8.01. The van der Waals surface area contributed by atoms with Gasteiger partial charge in [0.2, 0.25) is 0 Å². The molecule has 0 aromatic heterocycles. The summed E-state index contributed by atoms with van der Waals surface area (Å²) in [6, 6.07) is 0. The van der Waals surface area contributed by atoms with Crippen molar-refractivity contribution in [3.8, 4) is 0 Å². The third-order valence-electron chi connectivity index (χ3n) is 8.01. The predicted molar refractivity (Wildman–Crippen MR) is 121 cm³/mol. The van der Waals surface area contributed by atoms with Crippen LogP contribution in [0.4, 0.5) is 0 Å². The molecule has 0 amide bonds. The van der Waals surface area contributed by atoms with Gasteiger partial charge < -0.3 is 19.7 Å². The smallest absolute Gasteiger partial charge is 0.193 e. The molecule has 0 aromatic rings. The lowest BCUT2D eigenvalue weighted by Gasteiger charge is -2.48. The lowest BCUT2D eigenvalue weighted by Crippen LogP contribution is -2.60. The average molecular weight is 504 g/mol. The molecule has 5 fully saturated rings. The SMILES string of the molecule is CN=C(NCC1(N2CCOCC2)CCCCC1)N1CC2C3CCC(O3)C2C1.I. The Labute approximate surface area is 186 Å². The van der Waals surface area contributed by atoms with Crippen molar-refractivity contribution in [3.05, 3.63) is 0 Å². The second-order valence-corrected chi connectivity index (χ2v) is 9.31. The minimum atomic E-state index is 0. The summed E-state index contributed by atoms with van der Waals surface area (Å²) in [5, 5.41) is 3.81. The number of nitrogens with one attached hydrogen (secondary N) is 1. The number of likely N-dealkylation sites (tertiary alicyclic amines) is 1. The Balaban J connectivity index is 0.00000192. The summed E-state index contributed by atoms with van der Waals surface area (Å²) in [5.74, 6) is 2.57. The molecule has 5 aliphatic rings. The fourth-order valence-corrected chi connectivity index (χ4v) is 6.56. The van der Waals surface area contributed by atoms with Crippen molar-refractivity contribution in [3.63, 3.8) is 0 Å². The van der Waals surface area contributed by atoms with Gasteiger partial charge in [0.25, 0.3) is 0 Å². The molecule has 4 unspecified atom stereocenters. The molecule has 0 radical (unpaired) electrons. The van der Waals surface area contributed by atoms with Crippen LogP contribution in [0.3, 0.4) is 0 Å². The third kappa shape index (κ3) is 3.81. The molecule has 1 saturated carbocycles. The lowest BCUT2D eigenvalue weighted by atomic mass is 9.80. The van der Waals surface area contributed by atoms with Crippen molar-refractivity contribution in [2.24, 2.45) is 16.8 Å². The molecule has 4 heterocycles. The van der Waals surface area contributed by atoms with Gasteiger partial charge in [-0.1, -0.05) is 19.3 Å². The highest BCUT2D eigenvalue weighted by Crippen LogP contribution is 2.47. The number of nitrogens with zero attached hydrogens (tertiary/aromatic N) is 3. The van der Waals surface area contributed by atoms with Crippen LogP contribution in [-0.2, 0) is 9.47 Å². The molecule has 28 heavy (non-hydrogen) atoms. The topological polar surface area (TPSA) is 49.3 Å². The van der Waals surface area contributed by atoms with Crippen LogP contribution in [0.5, 0.6) is 0 Å². The highest BCUT2D eigenvalue weighted by molar-refractivity contribution is 14.0. The number of fused-ring (bicyclic) bond motifs is 5. The maximum absolute atomic E-state index is 6.15. The monoisotopic (exact) mass is 504 g/mol. The van der Waals surface area contributed by atoms with E-state index in [1.807, 2.05) is 7.05 Å². The van der Waals surface area contributed by atoms with Gasteiger partial charge in [-0.15, -0.1) is 24.0 Å². The lowest BCUT2D eigenvalue weighted by molar-refractivity contribution is -0.0354. The van der Waals surface area contributed by atoms with E-state index in [1.54, 1.807) is 0 Å². The summed E-state index contributed by atoms with van der Waals surface area (Å²) in [7, 11) is 1.95. The van der Waals surface area contributed by atoms with Gasteiger partial charge in [-0.2, -0.15) is 0 Å². The molecule has 1 N–H and O–H groups in total. The van der Waals surface area contributed by atoms with Gasteiger partial charge in [0.05, 0.1) is 25.4 Å². The Morgan fingerprint density at radius 1 is 1.04 bits per heavy atom. The van der Waals surface area contributed by atoms with E-state index < -0.39 is 0 Å². The molecule has 6 nitrogen and oxygen atoms in total. The van der Waals surface area contributed by atoms with Crippen LogP contribution < -0.4 is 5.32 Å². The van der Waals surface area contributed by atoms with E-state index in [4.69, 9.17) is 9.47 Å². The molecular weight excluding hydrogens is 467 g/mol. The van der Waals surface area contributed by atoms with Gasteiger partial charge in [-0.25, -0.2) is 0 Å². The van der Waals surface area contributed by atoms with E-state index in [0.29, 0.717) is 12.2 Å². The molecule has 1 aliphatic carbocycles. The van der Waals surface area contributed by atoms with Gasteiger partial charge in [-0.05, 0) is 25.7 Å². The Bertz CT molecular complexity index is 545. The van der Waals surface area contributed by atoms with Gasteiger partial charge in [0.15, 0.2) is 5.96 Å². The number of halogens is 1. The first kappa shape index (κ1) is 21.1. The van der Waals surface area contributed by atoms with Gasteiger partial charge >= 0.3 is 0 Å². The number of morpholine rings is 1. The summed E-state index contributed by atoms with van der Waals surface area (Å²) in [4.78, 5) is 9.90.